The summed E-state index contributed by atoms with van der Waals surface area (Å²) in [5.74, 6) is -0.719. The summed E-state index contributed by atoms with van der Waals surface area (Å²) in [5.41, 5.74) is 4.67. The van der Waals surface area contributed by atoms with Gasteiger partial charge in [0.25, 0.3) is 5.91 Å². The Morgan fingerprint density at radius 3 is 2.13 bits per heavy atom. The summed E-state index contributed by atoms with van der Waals surface area (Å²) >= 11 is 5.88. The van der Waals surface area contributed by atoms with Gasteiger partial charge in [0, 0.05) is 16.3 Å². The van der Waals surface area contributed by atoms with Crippen LogP contribution in [0.4, 0.5) is 5.69 Å². The second-order valence-electron chi connectivity index (χ2n) is 7.63. The fourth-order valence-electron chi connectivity index (χ4n) is 4.07. The number of carboxylic acids is 1. The molecule has 2 N–H and O–H groups in total. The maximum absolute atomic E-state index is 12.5. The van der Waals surface area contributed by atoms with Crippen molar-refractivity contribution in [3.05, 3.63) is 88.4 Å². The molecule has 3 aromatic rings. The van der Waals surface area contributed by atoms with Gasteiger partial charge < -0.3 is 10.4 Å². The summed E-state index contributed by atoms with van der Waals surface area (Å²) in [6.45, 7) is 0. The molecule has 1 aliphatic carbocycles. The molecule has 0 aliphatic heterocycles. The van der Waals surface area contributed by atoms with Gasteiger partial charge in [-0.1, -0.05) is 42.6 Å². The van der Waals surface area contributed by atoms with E-state index in [0.717, 1.165) is 29.5 Å². The van der Waals surface area contributed by atoms with Crippen molar-refractivity contribution in [1.82, 2.24) is 0 Å². The van der Waals surface area contributed by atoms with Crippen LogP contribution in [0.15, 0.2) is 66.7 Å². The quantitative estimate of drug-likeness (QED) is 0.488. The Balaban J connectivity index is 1.59. The lowest BCUT2D eigenvalue weighted by Crippen LogP contribution is -2.11. The van der Waals surface area contributed by atoms with Gasteiger partial charge in [-0.25, -0.2) is 4.79 Å². The molecule has 0 saturated heterocycles. The van der Waals surface area contributed by atoms with Crippen LogP contribution in [0.2, 0.25) is 5.02 Å². The minimum atomic E-state index is -0.907. The lowest BCUT2D eigenvalue weighted by Gasteiger charge is -2.17. The zero-order valence-corrected chi connectivity index (χ0v) is 17.2. The van der Waals surface area contributed by atoms with E-state index in [1.165, 1.54) is 12.8 Å². The standard InChI is InChI=1S/C25H22ClNO3/c26-20-10-12-21(13-11-20)27-24(28)18-7-5-17(6-8-18)22-14-9-19(25(29)30)15-23(22)16-3-1-2-4-16/h5-16H,1-4H2,(H,27,28)(H,29,30). The van der Waals surface area contributed by atoms with Gasteiger partial charge in [-0.15, -0.1) is 0 Å². The first-order chi connectivity index (χ1) is 14.5. The third kappa shape index (κ3) is 4.39. The van der Waals surface area contributed by atoms with Crippen LogP contribution in [0.5, 0.6) is 0 Å². The highest BCUT2D eigenvalue weighted by Gasteiger charge is 2.22. The number of amides is 1. The van der Waals surface area contributed by atoms with Gasteiger partial charge in [-0.2, -0.15) is 0 Å². The minimum Gasteiger partial charge on any atom is -0.478 e. The molecule has 152 valence electrons. The zero-order valence-electron chi connectivity index (χ0n) is 16.4. The third-order valence-electron chi connectivity index (χ3n) is 5.65. The number of anilines is 1. The van der Waals surface area contributed by atoms with Gasteiger partial charge in [-0.05, 0) is 84.0 Å². The van der Waals surface area contributed by atoms with Crippen molar-refractivity contribution in [3.8, 4) is 11.1 Å². The number of benzene rings is 3. The fraction of sp³-hybridized carbons (Fsp3) is 0.200. The number of carboxylic acid groups (broad SMARTS) is 1. The zero-order chi connectivity index (χ0) is 21.1. The van der Waals surface area contributed by atoms with E-state index < -0.39 is 5.97 Å². The molecule has 1 saturated carbocycles. The summed E-state index contributed by atoms with van der Waals surface area (Å²) < 4.78 is 0. The smallest absolute Gasteiger partial charge is 0.335 e. The highest BCUT2D eigenvalue weighted by Crippen LogP contribution is 2.39. The molecule has 0 aromatic heterocycles. The molecule has 1 fully saturated rings. The van der Waals surface area contributed by atoms with E-state index in [2.05, 4.69) is 5.32 Å². The maximum Gasteiger partial charge on any atom is 0.335 e. The van der Waals surface area contributed by atoms with Crippen molar-refractivity contribution >= 4 is 29.2 Å². The van der Waals surface area contributed by atoms with Crippen LogP contribution in [0.1, 0.15) is 57.9 Å². The number of hydrogen-bond donors (Lipinski definition) is 2. The van der Waals surface area contributed by atoms with Gasteiger partial charge in [-0.3, -0.25) is 4.79 Å². The molecule has 0 bridgehead atoms. The van der Waals surface area contributed by atoms with E-state index in [0.29, 0.717) is 27.8 Å². The Labute approximate surface area is 180 Å². The van der Waals surface area contributed by atoms with Gasteiger partial charge in [0.2, 0.25) is 0 Å². The van der Waals surface area contributed by atoms with Gasteiger partial charge in [0.1, 0.15) is 0 Å². The van der Waals surface area contributed by atoms with Crippen molar-refractivity contribution in [2.75, 3.05) is 5.32 Å². The second-order valence-corrected chi connectivity index (χ2v) is 8.06. The highest BCUT2D eigenvalue weighted by molar-refractivity contribution is 6.30. The Kier molecular flexibility index (Phi) is 5.86. The molecular formula is C25H22ClNO3. The molecule has 1 amide bonds. The van der Waals surface area contributed by atoms with Crippen molar-refractivity contribution in [2.24, 2.45) is 0 Å². The molecule has 0 spiro atoms. The van der Waals surface area contributed by atoms with E-state index in [4.69, 9.17) is 11.6 Å². The predicted octanol–water partition coefficient (Wildman–Crippen LogP) is 6.62. The normalized spacial score (nSPS) is 13.9. The molecular weight excluding hydrogens is 398 g/mol. The third-order valence-corrected chi connectivity index (χ3v) is 5.91. The number of hydrogen-bond acceptors (Lipinski definition) is 2. The molecule has 1 aliphatic rings. The number of nitrogens with one attached hydrogen (secondary N) is 1. The number of halogens is 1. The van der Waals surface area contributed by atoms with E-state index in [9.17, 15) is 14.7 Å². The van der Waals surface area contributed by atoms with Gasteiger partial charge >= 0.3 is 5.97 Å². The average molecular weight is 420 g/mol. The lowest BCUT2D eigenvalue weighted by atomic mass is 9.88. The number of rotatable bonds is 5. The van der Waals surface area contributed by atoms with E-state index in [1.54, 1.807) is 42.5 Å². The van der Waals surface area contributed by atoms with Crippen LogP contribution in [-0.4, -0.2) is 17.0 Å². The summed E-state index contributed by atoms with van der Waals surface area (Å²) in [5, 5.41) is 12.9. The SMILES string of the molecule is O=C(O)c1ccc(-c2ccc(C(=O)Nc3ccc(Cl)cc3)cc2)c(C2CCCC2)c1. The molecule has 5 heteroatoms. The average Bonchev–Trinajstić information content (AvgIpc) is 3.30. The van der Waals surface area contributed by atoms with Crippen LogP contribution in [0.3, 0.4) is 0 Å². The van der Waals surface area contributed by atoms with E-state index >= 15 is 0 Å². The van der Waals surface area contributed by atoms with Crippen LogP contribution in [-0.2, 0) is 0 Å². The molecule has 0 radical (unpaired) electrons. The van der Waals surface area contributed by atoms with Crippen molar-refractivity contribution in [1.29, 1.82) is 0 Å². The van der Waals surface area contributed by atoms with E-state index in [-0.39, 0.29) is 5.91 Å². The van der Waals surface area contributed by atoms with Crippen molar-refractivity contribution in [2.45, 2.75) is 31.6 Å². The van der Waals surface area contributed by atoms with E-state index in [1.807, 2.05) is 24.3 Å². The first-order valence-electron chi connectivity index (χ1n) is 10.1. The number of carbonyl (C=O) groups is 2. The molecule has 0 atom stereocenters. The van der Waals surface area contributed by atoms with Crippen LogP contribution in [0, 0.1) is 0 Å². The predicted molar refractivity (Wildman–Crippen MR) is 119 cm³/mol. The summed E-state index contributed by atoms with van der Waals surface area (Å²) in [6, 6.07) is 19.8. The molecule has 30 heavy (non-hydrogen) atoms. The number of aromatic carboxylic acids is 1. The largest absolute Gasteiger partial charge is 0.478 e. The summed E-state index contributed by atoms with van der Waals surface area (Å²) in [7, 11) is 0. The summed E-state index contributed by atoms with van der Waals surface area (Å²) in [4.78, 5) is 24.0. The fourth-order valence-corrected chi connectivity index (χ4v) is 4.20. The number of carbonyl (C=O) groups excluding carboxylic acids is 1. The maximum atomic E-state index is 12.5. The Hall–Kier alpha value is -3.11. The minimum absolute atomic E-state index is 0.193. The van der Waals surface area contributed by atoms with Gasteiger partial charge in [0.05, 0.1) is 5.56 Å². The van der Waals surface area contributed by atoms with Crippen molar-refractivity contribution in [3.63, 3.8) is 0 Å². The van der Waals surface area contributed by atoms with Crippen molar-refractivity contribution < 1.29 is 14.7 Å². The molecule has 4 nitrogen and oxygen atoms in total. The molecule has 4 rings (SSSR count). The lowest BCUT2D eigenvalue weighted by molar-refractivity contribution is 0.0696. The van der Waals surface area contributed by atoms with Crippen LogP contribution < -0.4 is 5.32 Å². The first kappa shape index (κ1) is 20.2. The first-order valence-corrected chi connectivity index (χ1v) is 10.4. The van der Waals surface area contributed by atoms with Gasteiger partial charge in [0.15, 0.2) is 0 Å². The Bertz CT molecular complexity index is 1070. The second kappa shape index (κ2) is 8.72. The molecule has 0 unspecified atom stereocenters. The monoisotopic (exact) mass is 419 g/mol. The Morgan fingerprint density at radius 2 is 1.50 bits per heavy atom. The van der Waals surface area contributed by atoms with Crippen LogP contribution in [0.25, 0.3) is 11.1 Å². The Morgan fingerprint density at radius 1 is 0.867 bits per heavy atom. The molecule has 3 aromatic carbocycles. The molecule has 0 heterocycles. The highest BCUT2D eigenvalue weighted by atomic mass is 35.5. The topological polar surface area (TPSA) is 66.4 Å². The summed E-state index contributed by atoms with van der Waals surface area (Å²) in [6.07, 6.45) is 4.51. The van der Waals surface area contributed by atoms with Crippen LogP contribution >= 0.6 is 11.6 Å².